The lowest BCUT2D eigenvalue weighted by Gasteiger charge is -2.08. The van der Waals surface area contributed by atoms with Gasteiger partial charge in [0.1, 0.15) is 5.82 Å². The van der Waals surface area contributed by atoms with Crippen LogP contribution in [0.15, 0.2) is 48.7 Å². The van der Waals surface area contributed by atoms with Gasteiger partial charge in [0, 0.05) is 24.8 Å². The predicted octanol–water partition coefficient (Wildman–Crippen LogP) is 1.68. The van der Waals surface area contributed by atoms with Crippen molar-refractivity contribution < 1.29 is 4.79 Å². The van der Waals surface area contributed by atoms with E-state index in [1.807, 2.05) is 31.3 Å². The average molecular weight is 347 g/mol. The first-order chi connectivity index (χ1) is 12.7. The van der Waals surface area contributed by atoms with Gasteiger partial charge in [0.25, 0.3) is 5.91 Å². The molecule has 2 heterocycles. The molecule has 2 aromatic heterocycles. The minimum atomic E-state index is -0.223. The van der Waals surface area contributed by atoms with E-state index in [9.17, 15) is 4.79 Å². The van der Waals surface area contributed by atoms with Crippen molar-refractivity contribution in [2.45, 2.75) is 6.92 Å². The van der Waals surface area contributed by atoms with Gasteiger partial charge in [-0.05, 0) is 43.3 Å². The van der Waals surface area contributed by atoms with Gasteiger partial charge in [-0.3, -0.25) is 4.79 Å². The van der Waals surface area contributed by atoms with Crippen LogP contribution in [-0.4, -0.2) is 39.0 Å². The lowest BCUT2D eigenvalue weighted by atomic mass is 10.1. The van der Waals surface area contributed by atoms with Gasteiger partial charge in [0.2, 0.25) is 0 Å². The summed E-state index contributed by atoms with van der Waals surface area (Å²) in [6.07, 6.45) is 1.82. The first-order valence-electron chi connectivity index (χ1n) is 8.04. The van der Waals surface area contributed by atoms with E-state index in [-0.39, 0.29) is 5.91 Å². The van der Waals surface area contributed by atoms with Crippen LogP contribution in [0.4, 0.5) is 5.82 Å². The van der Waals surface area contributed by atoms with Crippen LogP contribution in [0.5, 0.6) is 0 Å². The van der Waals surface area contributed by atoms with E-state index in [4.69, 9.17) is 5.26 Å². The molecule has 0 radical (unpaired) electrons. The highest BCUT2D eigenvalue weighted by Gasteiger charge is 2.06. The molecule has 130 valence electrons. The van der Waals surface area contributed by atoms with Crippen LogP contribution in [0.25, 0.3) is 5.82 Å². The molecule has 0 saturated heterocycles. The van der Waals surface area contributed by atoms with Crippen LogP contribution in [0, 0.1) is 18.3 Å². The van der Waals surface area contributed by atoms with Crippen LogP contribution in [0.2, 0.25) is 0 Å². The van der Waals surface area contributed by atoms with E-state index in [1.165, 1.54) is 0 Å². The monoisotopic (exact) mass is 347 g/mol. The van der Waals surface area contributed by atoms with E-state index in [2.05, 4.69) is 25.9 Å². The Bertz CT molecular complexity index is 941. The minimum absolute atomic E-state index is 0.223. The summed E-state index contributed by atoms with van der Waals surface area (Å²) < 4.78 is 1.65. The van der Waals surface area contributed by atoms with Gasteiger partial charge < -0.3 is 10.6 Å². The van der Waals surface area contributed by atoms with Gasteiger partial charge >= 0.3 is 0 Å². The Kier molecular flexibility index (Phi) is 5.19. The highest BCUT2D eigenvalue weighted by atomic mass is 16.1. The normalized spacial score (nSPS) is 10.2. The number of aromatic nitrogens is 4. The van der Waals surface area contributed by atoms with Crippen LogP contribution < -0.4 is 10.6 Å². The molecule has 0 aliphatic rings. The number of hydrogen-bond acceptors (Lipinski definition) is 6. The molecule has 8 heteroatoms. The summed E-state index contributed by atoms with van der Waals surface area (Å²) in [5, 5.41) is 27.2. The highest BCUT2D eigenvalue weighted by Crippen LogP contribution is 2.06. The first kappa shape index (κ1) is 17.1. The van der Waals surface area contributed by atoms with Gasteiger partial charge in [-0.25, -0.2) is 4.68 Å². The van der Waals surface area contributed by atoms with Crippen molar-refractivity contribution in [2.24, 2.45) is 0 Å². The molecular formula is C18H17N7O. The number of hydrogen-bond donors (Lipinski definition) is 2. The van der Waals surface area contributed by atoms with E-state index in [0.29, 0.717) is 35.9 Å². The van der Waals surface area contributed by atoms with Crippen molar-refractivity contribution in [3.8, 4) is 11.9 Å². The molecular weight excluding hydrogens is 330 g/mol. The number of nitrogens with one attached hydrogen (secondary N) is 2. The fourth-order valence-electron chi connectivity index (χ4n) is 2.28. The molecule has 0 aliphatic heterocycles. The molecule has 8 nitrogen and oxygen atoms in total. The maximum atomic E-state index is 12.0. The number of amides is 1. The van der Waals surface area contributed by atoms with E-state index >= 15 is 0 Å². The molecule has 1 amide bonds. The van der Waals surface area contributed by atoms with Crippen molar-refractivity contribution in [1.29, 1.82) is 5.26 Å². The van der Waals surface area contributed by atoms with Crippen molar-refractivity contribution in [3.05, 3.63) is 65.5 Å². The van der Waals surface area contributed by atoms with Gasteiger partial charge in [0.15, 0.2) is 5.82 Å². The van der Waals surface area contributed by atoms with Crippen LogP contribution >= 0.6 is 0 Å². The van der Waals surface area contributed by atoms with Crippen molar-refractivity contribution >= 4 is 11.7 Å². The quantitative estimate of drug-likeness (QED) is 0.657. The SMILES string of the molecule is Cc1ccn(-c2ccc(NCCNC(=O)c3cccc(C#N)c3)nn2)n1. The minimum Gasteiger partial charge on any atom is -0.367 e. The summed E-state index contributed by atoms with van der Waals surface area (Å²) >= 11 is 0. The zero-order valence-electron chi connectivity index (χ0n) is 14.2. The Hall–Kier alpha value is -3.73. The Morgan fingerprint density at radius 1 is 1.19 bits per heavy atom. The number of carbonyl (C=O) groups excluding carboxylic acids is 1. The molecule has 0 bridgehead atoms. The molecule has 0 saturated carbocycles. The fraction of sp³-hybridized carbons (Fsp3) is 0.167. The topological polar surface area (TPSA) is 109 Å². The van der Waals surface area contributed by atoms with Crippen molar-refractivity contribution in [3.63, 3.8) is 0 Å². The summed E-state index contributed by atoms with van der Waals surface area (Å²) in [4.78, 5) is 12.0. The zero-order valence-corrected chi connectivity index (χ0v) is 14.2. The molecule has 3 aromatic rings. The van der Waals surface area contributed by atoms with Crippen LogP contribution in [-0.2, 0) is 0 Å². The average Bonchev–Trinajstić information content (AvgIpc) is 3.12. The predicted molar refractivity (Wildman–Crippen MR) is 95.9 cm³/mol. The molecule has 0 aliphatic carbocycles. The molecule has 2 N–H and O–H groups in total. The van der Waals surface area contributed by atoms with Gasteiger partial charge in [0.05, 0.1) is 17.3 Å². The van der Waals surface area contributed by atoms with Crippen LogP contribution in [0.3, 0.4) is 0 Å². The maximum absolute atomic E-state index is 12.0. The lowest BCUT2D eigenvalue weighted by molar-refractivity contribution is 0.0955. The number of carbonyl (C=O) groups is 1. The van der Waals surface area contributed by atoms with E-state index in [1.54, 1.807) is 35.0 Å². The molecule has 0 unspecified atom stereocenters. The third-order valence-electron chi connectivity index (χ3n) is 3.58. The third-order valence-corrected chi connectivity index (χ3v) is 3.58. The number of nitriles is 1. The smallest absolute Gasteiger partial charge is 0.251 e. The molecule has 0 atom stereocenters. The summed E-state index contributed by atoms with van der Waals surface area (Å²) in [6.45, 7) is 2.82. The highest BCUT2D eigenvalue weighted by molar-refractivity contribution is 5.94. The molecule has 0 fully saturated rings. The fourth-order valence-corrected chi connectivity index (χ4v) is 2.28. The van der Waals surface area contributed by atoms with Crippen LogP contribution in [0.1, 0.15) is 21.6 Å². The largest absolute Gasteiger partial charge is 0.367 e. The summed E-state index contributed by atoms with van der Waals surface area (Å²) in [7, 11) is 0. The third kappa shape index (κ3) is 4.21. The number of rotatable bonds is 6. The molecule has 26 heavy (non-hydrogen) atoms. The zero-order chi connectivity index (χ0) is 18.4. The Balaban J connectivity index is 1.47. The summed E-state index contributed by atoms with van der Waals surface area (Å²) in [5.74, 6) is 1.02. The number of benzene rings is 1. The van der Waals surface area contributed by atoms with E-state index in [0.717, 1.165) is 5.69 Å². The second-order valence-corrected chi connectivity index (χ2v) is 5.55. The summed E-state index contributed by atoms with van der Waals surface area (Å²) in [5.41, 5.74) is 1.83. The second kappa shape index (κ2) is 7.90. The Morgan fingerprint density at radius 3 is 2.77 bits per heavy atom. The molecule has 3 rings (SSSR count). The Labute approximate surface area is 150 Å². The number of aryl methyl sites for hydroxylation is 1. The number of nitrogens with zero attached hydrogens (tertiary/aromatic N) is 5. The standard InChI is InChI=1S/C18H17N7O/c1-13-7-10-25(24-13)17-6-5-16(22-23-17)20-8-9-21-18(26)15-4-2-3-14(11-15)12-19/h2-7,10-11H,8-9H2,1H3,(H,20,22)(H,21,26). The second-order valence-electron chi connectivity index (χ2n) is 5.55. The Morgan fingerprint density at radius 2 is 2.08 bits per heavy atom. The first-order valence-corrected chi connectivity index (χ1v) is 8.04. The van der Waals surface area contributed by atoms with Crippen molar-refractivity contribution in [1.82, 2.24) is 25.3 Å². The van der Waals surface area contributed by atoms with Gasteiger partial charge in [-0.15, -0.1) is 10.2 Å². The van der Waals surface area contributed by atoms with E-state index < -0.39 is 0 Å². The number of anilines is 1. The van der Waals surface area contributed by atoms with Gasteiger partial charge in [-0.2, -0.15) is 10.4 Å². The summed E-state index contributed by atoms with van der Waals surface area (Å²) in [6, 6.07) is 14.1. The lowest BCUT2D eigenvalue weighted by Crippen LogP contribution is -2.29. The molecule has 0 spiro atoms. The van der Waals surface area contributed by atoms with Crippen molar-refractivity contribution in [2.75, 3.05) is 18.4 Å². The van der Waals surface area contributed by atoms with Gasteiger partial charge in [-0.1, -0.05) is 6.07 Å². The molecule has 1 aromatic carbocycles. The maximum Gasteiger partial charge on any atom is 0.251 e.